The van der Waals surface area contributed by atoms with Crippen molar-refractivity contribution in [3.05, 3.63) is 35.4 Å². The SMILES string of the molecule is C=C(C)c1cc(C(C)C)c(O)c(C(C)C)c1. The molecule has 0 heterocycles. The van der Waals surface area contributed by atoms with Gasteiger partial charge in [0.2, 0.25) is 0 Å². The van der Waals surface area contributed by atoms with Gasteiger partial charge in [0.1, 0.15) is 5.75 Å². The molecule has 0 spiro atoms. The molecule has 16 heavy (non-hydrogen) atoms. The van der Waals surface area contributed by atoms with E-state index in [1.54, 1.807) is 0 Å². The van der Waals surface area contributed by atoms with Gasteiger partial charge < -0.3 is 5.11 Å². The molecule has 1 N–H and O–H groups in total. The van der Waals surface area contributed by atoms with Gasteiger partial charge in [-0.25, -0.2) is 0 Å². The van der Waals surface area contributed by atoms with Crippen molar-refractivity contribution in [2.75, 3.05) is 0 Å². The maximum atomic E-state index is 10.2. The lowest BCUT2D eigenvalue weighted by molar-refractivity contribution is 0.454. The van der Waals surface area contributed by atoms with E-state index in [0.717, 1.165) is 22.3 Å². The first-order valence-electron chi connectivity index (χ1n) is 5.87. The van der Waals surface area contributed by atoms with Crippen LogP contribution < -0.4 is 0 Å². The second-order valence-corrected chi connectivity index (χ2v) is 5.09. The molecule has 0 unspecified atom stereocenters. The molecule has 0 atom stereocenters. The zero-order valence-electron chi connectivity index (χ0n) is 11.0. The fourth-order valence-electron chi connectivity index (χ4n) is 1.81. The molecular formula is C15H22O. The molecular weight excluding hydrogens is 196 g/mol. The van der Waals surface area contributed by atoms with Crippen LogP contribution in [-0.2, 0) is 0 Å². The minimum atomic E-state index is 0.330. The van der Waals surface area contributed by atoms with Crippen LogP contribution in [0.5, 0.6) is 5.75 Å². The van der Waals surface area contributed by atoms with E-state index in [9.17, 15) is 5.11 Å². The van der Waals surface area contributed by atoms with Gasteiger partial charge in [-0.3, -0.25) is 0 Å². The number of allylic oxidation sites excluding steroid dienone is 1. The fraction of sp³-hybridized carbons (Fsp3) is 0.467. The molecule has 1 aromatic carbocycles. The summed E-state index contributed by atoms with van der Waals surface area (Å²) in [4.78, 5) is 0. The quantitative estimate of drug-likeness (QED) is 0.781. The number of phenols is 1. The Balaban J connectivity index is 3.45. The monoisotopic (exact) mass is 218 g/mol. The Bertz CT molecular complexity index is 371. The van der Waals surface area contributed by atoms with Crippen LogP contribution >= 0.6 is 0 Å². The lowest BCUT2D eigenvalue weighted by Crippen LogP contribution is -1.97. The summed E-state index contributed by atoms with van der Waals surface area (Å²) < 4.78 is 0. The first-order valence-corrected chi connectivity index (χ1v) is 5.87. The van der Waals surface area contributed by atoms with Crippen LogP contribution in [0, 0.1) is 0 Å². The molecule has 0 fully saturated rings. The molecule has 1 aromatic rings. The standard InChI is InChI=1S/C15H22O/c1-9(2)12-7-13(10(3)4)15(16)14(8-12)11(5)6/h7-8,10-11,16H,1H2,2-6H3. The van der Waals surface area contributed by atoms with Gasteiger partial charge in [0.25, 0.3) is 0 Å². The van der Waals surface area contributed by atoms with Gasteiger partial charge in [-0.05, 0) is 47.6 Å². The molecule has 1 heteroatoms. The Labute approximate surface area is 98.8 Å². The Morgan fingerprint density at radius 2 is 1.44 bits per heavy atom. The Hall–Kier alpha value is -1.24. The first-order chi connectivity index (χ1) is 7.34. The van der Waals surface area contributed by atoms with Crippen molar-refractivity contribution in [1.29, 1.82) is 0 Å². The maximum Gasteiger partial charge on any atom is 0.122 e. The average molecular weight is 218 g/mol. The smallest absolute Gasteiger partial charge is 0.122 e. The van der Waals surface area contributed by atoms with Crippen molar-refractivity contribution in [3.63, 3.8) is 0 Å². The van der Waals surface area contributed by atoms with Crippen molar-refractivity contribution < 1.29 is 5.11 Å². The second kappa shape index (κ2) is 4.73. The van der Waals surface area contributed by atoms with E-state index in [0.29, 0.717) is 17.6 Å². The summed E-state index contributed by atoms with van der Waals surface area (Å²) in [6, 6.07) is 4.10. The summed E-state index contributed by atoms with van der Waals surface area (Å²) in [5.41, 5.74) is 4.21. The first kappa shape index (κ1) is 12.8. The third-order valence-electron chi connectivity index (χ3n) is 2.91. The number of benzene rings is 1. The molecule has 0 aliphatic rings. The molecule has 0 amide bonds. The molecule has 1 rings (SSSR count). The molecule has 0 aliphatic carbocycles. The van der Waals surface area contributed by atoms with Gasteiger partial charge in [-0.1, -0.05) is 39.8 Å². The van der Waals surface area contributed by atoms with Crippen LogP contribution in [0.3, 0.4) is 0 Å². The van der Waals surface area contributed by atoms with Crippen molar-refractivity contribution >= 4 is 5.57 Å². The molecule has 0 aromatic heterocycles. The third kappa shape index (κ3) is 2.46. The second-order valence-electron chi connectivity index (χ2n) is 5.09. The van der Waals surface area contributed by atoms with Crippen molar-refractivity contribution in [2.24, 2.45) is 0 Å². The van der Waals surface area contributed by atoms with Crippen LogP contribution in [0.1, 0.15) is 63.1 Å². The van der Waals surface area contributed by atoms with E-state index >= 15 is 0 Å². The highest BCUT2D eigenvalue weighted by atomic mass is 16.3. The third-order valence-corrected chi connectivity index (χ3v) is 2.91. The van der Waals surface area contributed by atoms with Gasteiger partial charge in [-0.15, -0.1) is 0 Å². The highest BCUT2D eigenvalue weighted by molar-refractivity contribution is 5.65. The van der Waals surface area contributed by atoms with Gasteiger partial charge in [0.15, 0.2) is 0 Å². The largest absolute Gasteiger partial charge is 0.507 e. The Morgan fingerprint density at radius 1 is 1.06 bits per heavy atom. The zero-order valence-corrected chi connectivity index (χ0v) is 11.0. The van der Waals surface area contributed by atoms with Crippen LogP contribution in [0.2, 0.25) is 0 Å². The van der Waals surface area contributed by atoms with Crippen LogP contribution in [-0.4, -0.2) is 5.11 Å². The summed E-state index contributed by atoms with van der Waals surface area (Å²) in [6.07, 6.45) is 0. The van der Waals surface area contributed by atoms with Crippen molar-refractivity contribution in [3.8, 4) is 5.75 Å². The normalized spacial score (nSPS) is 11.2. The Kier molecular flexibility index (Phi) is 3.79. The number of hydrogen-bond acceptors (Lipinski definition) is 1. The predicted molar refractivity (Wildman–Crippen MR) is 71.0 cm³/mol. The molecule has 0 bridgehead atoms. The van der Waals surface area contributed by atoms with Crippen molar-refractivity contribution in [1.82, 2.24) is 0 Å². The van der Waals surface area contributed by atoms with Crippen LogP contribution in [0.15, 0.2) is 18.7 Å². The fourth-order valence-corrected chi connectivity index (χ4v) is 1.81. The summed E-state index contributed by atoms with van der Waals surface area (Å²) >= 11 is 0. The predicted octanol–water partition coefficient (Wildman–Crippen LogP) is 4.67. The highest BCUT2D eigenvalue weighted by Crippen LogP contribution is 2.36. The summed E-state index contributed by atoms with van der Waals surface area (Å²) in [5.74, 6) is 1.11. The van der Waals surface area contributed by atoms with E-state index < -0.39 is 0 Å². The summed E-state index contributed by atoms with van der Waals surface area (Å²) in [5, 5.41) is 10.2. The van der Waals surface area contributed by atoms with E-state index in [4.69, 9.17) is 0 Å². The lowest BCUT2D eigenvalue weighted by atomic mass is 9.90. The highest BCUT2D eigenvalue weighted by Gasteiger charge is 2.14. The van der Waals surface area contributed by atoms with E-state index in [1.165, 1.54) is 0 Å². The number of aromatic hydroxyl groups is 1. The molecule has 88 valence electrons. The summed E-state index contributed by atoms with van der Waals surface area (Å²) in [7, 11) is 0. The molecule has 0 saturated carbocycles. The Morgan fingerprint density at radius 3 is 1.69 bits per heavy atom. The van der Waals surface area contributed by atoms with Crippen LogP contribution in [0.25, 0.3) is 5.57 Å². The van der Waals surface area contributed by atoms with E-state index in [2.05, 4.69) is 34.3 Å². The molecule has 0 aliphatic heterocycles. The topological polar surface area (TPSA) is 20.2 Å². The van der Waals surface area contributed by atoms with E-state index in [1.807, 2.05) is 19.1 Å². The van der Waals surface area contributed by atoms with E-state index in [-0.39, 0.29) is 0 Å². The maximum absolute atomic E-state index is 10.2. The molecule has 0 radical (unpaired) electrons. The number of phenolic OH excluding ortho intramolecular Hbond substituents is 1. The van der Waals surface area contributed by atoms with Gasteiger partial charge in [0.05, 0.1) is 0 Å². The van der Waals surface area contributed by atoms with Gasteiger partial charge in [0, 0.05) is 0 Å². The average Bonchev–Trinajstić information content (AvgIpc) is 2.16. The molecule has 1 nitrogen and oxygen atoms in total. The minimum Gasteiger partial charge on any atom is -0.507 e. The van der Waals surface area contributed by atoms with Gasteiger partial charge >= 0.3 is 0 Å². The van der Waals surface area contributed by atoms with Gasteiger partial charge in [-0.2, -0.15) is 0 Å². The number of hydrogen-bond donors (Lipinski definition) is 1. The van der Waals surface area contributed by atoms with Crippen LogP contribution in [0.4, 0.5) is 0 Å². The molecule has 0 saturated heterocycles. The minimum absolute atomic E-state index is 0.330. The zero-order chi connectivity index (χ0) is 12.5. The van der Waals surface area contributed by atoms with Crippen molar-refractivity contribution in [2.45, 2.75) is 46.5 Å². The lowest BCUT2D eigenvalue weighted by Gasteiger charge is -2.17. The summed E-state index contributed by atoms with van der Waals surface area (Å²) in [6.45, 7) is 14.4. The number of rotatable bonds is 3.